The van der Waals surface area contributed by atoms with Gasteiger partial charge in [-0.3, -0.25) is 14.5 Å². The summed E-state index contributed by atoms with van der Waals surface area (Å²) in [7, 11) is 0. The number of aromatic nitrogens is 1. The first-order chi connectivity index (χ1) is 13.4. The van der Waals surface area contributed by atoms with E-state index in [0.29, 0.717) is 43.9 Å². The van der Waals surface area contributed by atoms with E-state index in [-0.39, 0.29) is 29.2 Å². The lowest BCUT2D eigenvalue weighted by Gasteiger charge is -2.35. The number of nitrogens with one attached hydrogen (secondary N) is 1. The first-order valence-corrected chi connectivity index (χ1v) is 9.36. The van der Waals surface area contributed by atoms with Gasteiger partial charge in [0.15, 0.2) is 11.6 Å². The van der Waals surface area contributed by atoms with Crippen LogP contribution in [0.4, 0.5) is 14.6 Å². The number of hydrogen-bond acceptors (Lipinski definition) is 5. The lowest BCUT2D eigenvalue weighted by molar-refractivity contribution is -0.122. The Bertz CT molecular complexity index is 860. The van der Waals surface area contributed by atoms with Gasteiger partial charge in [-0.05, 0) is 57.5 Å². The summed E-state index contributed by atoms with van der Waals surface area (Å²) in [6.45, 7) is 4.70. The second-order valence-electron chi connectivity index (χ2n) is 7.03. The topological polar surface area (TPSA) is 75.4 Å². The predicted octanol–water partition coefficient (Wildman–Crippen LogP) is 3.57. The van der Waals surface area contributed by atoms with Crippen molar-refractivity contribution in [1.29, 1.82) is 0 Å². The lowest BCUT2D eigenvalue weighted by atomic mass is 9.88. The molecule has 0 aliphatic carbocycles. The Morgan fingerprint density at radius 2 is 2.00 bits per heavy atom. The molecule has 1 atom stereocenters. The molecule has 0 spiro atoms. The van der Waals surface area contributed by atoms with Crippen LogP contribution in [0.3, 0.4) is 0 Å². The van der Waals surface area contributed by atoms with Gasteiger partial charge in [0, 0.05) is 12.0 Å². The first kappa shape index (κ1) is 20.1. The molecule has 3 rings (SSSR count). The van der Waals surface area contributed by atoms with Gasteiger partial charge in [0.25, 0.3) is 0 Å². The second-order valence-corrected chi connectivity index (χ2v) is 7.03. The van der Waals surface area contributed by atoms with Crippen LogP contribution in [0.5, 0.6) is 0 Å². The van der Waals surface area contributed by atoms with Crippen molar-refractivity contribution in [3.8, 4) is 0 Å². The van der Waals surface area contributed by atoms with Crippen LogP contribution in [0.25, 0.3) is 0 Å². The van der Waals surface area contributed by atoms with Gasteiger partial charge in [-0.25, -0.2) is 8.78 Å². The van der Waals surface area contributed by atoms with E-state index in [4.69, 9.17) is 4.52 Å². The molecule has 1 aromatic carbocycles. The first-order valence-electron chi connectivity index (χ1n) is 9.36. The fourth-order valence-electron chi connectivity index (χ4n) is 3.62. The number of nitrogens with zero attached hydrogens (tertiary/aromatic N) is 2. The van der Waals surface area contributed by atoms with Crippen LogP contribution in [0, 0.1) is 24.5 Å². The molecule has 1 aliphatic heterocycles. The van der Waals surface area contributed by atoms with Crippen LogP contribution in [-0.2, 0) is 4.79 Å². The molecule has 0 bridgehead atoms. The number of amides is 1. The van der Waals surface area contributed by atoms with Gasteiger partial charge >= 0.3 is 0 Å². The molecule has 2 aromatic rings. The Labute approximate surface area is 161 Å². The molecule has 6 nitrogen and oxygen atoms in total. The number of aryl methyl sites for hydroxylation is 1. The molecule has 0 radical (unpaired) electrons. The maximum absolute atomic E-state index is 13.9. The van der Waals surface area contributed by atoms with E-state index in [1.165, 1.54) is 0 Å². The number of rotatable bonds is 6. The van der Waals surface area contributed by atoms with Crippen molar-refractivity contribution < 1.29 is 22.9 Å². The number of benzene rings is 1. The van der Waals surface area contributed by atoms with Crippen molar-refractivity contribution in [1.82, 2.24) is 10.1 Å². The highest BCUT2D eigenvalue weighted by molar-refractivity contribution is 5.98. The second kappa shape index (κ2) is 8.60. The van der Waals surface area contributed by atoms with Crippen molar-refractivity contribution in [2.45, 2.75) is 39.2 Å². The highest BCUT2D eigenvalue weighted by Crippen LogP contribution is 2.25. The van der Waals surface area contributed by atoms with Crippen molar-refractivity contribution >= 4 is 17.5 Å². The molecule has 150 valence electrons. The van der Waals surface area contributed by atoms with Gasteiger partial charge in [-0.1, -0.05) is 12.1 Å². The molecule has 8 heteroatoms. The largest absolute Gasteiger partial charge is 0.360 e. The minimum Gasteiger partial charge on any atom is -0.360 e. The fraction of sp³-hybridized carbons (Fsp3) is 0.450. The van der Waals surface area contributed by atoms with Gasteiger partial charge in [-0.15, -0.1) is 0 Å². The summed E-state index contributed by atoms with van der Waals surface area (Å²) in [5.41, 5.74) is -0.204. The van der Waals surface area contributed by atoms with E-state index >= 15 is 0 Å². The Kier molecular flexibility index (Phi) is 6.18. The van der Waals surface area contributed by atoms with Gasteiger partial charge in [0.1, 0.15) is 17.4 Å². The van der Waals surface area contributed by atoms with E-state index in [2.05, 4.69) is 10.5 Å². The van der Waals surface area contributed by atoms with Crippen LogP contribution in [0.1, 0.15) is 42.3 Å². The molecule has 1 fully saturated rings. The molecular formula is C20H23F2N3O3. The fourth-order valence-corrected chi connectivity index (χ4v) is 3.62. The van der Waals surface area contributed by atoms with Crippen LogP contribution in [-0.4, -0.2) is 40.9 Å². The van der Waals surface area contributed by atoms with Gasteiger partial charge in [0.05, 0.1) is 11.6 Å². The number of likely N-dealkylation sites (tertiary alicyclic amines) is 1. The molecule has 1 aromatic heterocycles. The van der Waals surface area contributed by atoms with E-state index < -0.39 is 11.6 Å². The van der Waals surface area contributed by atoms with E-state index in [1.807, 2.05) is 11.8 Å². The summed E-state index contributed by atoms with van der Waals surface area (Å²) in [6, 6.07) is 4.20. The maximum Gasteiger partial charge on any atom is 0.242 e. The number of ketones is 1. The molecule has 1 saturated heterocycles. The van der Waals surface area contributed by atoms with Crippen molar-refractivity contribution in [2.75, 3.05) is 18.4 Å². The molecule has 1 unspecified atom stereocenters. The number of anilines is 1. The summed E-state index contributed by atoms with van der Waals surface area (Å²) in [5.74, 6) is -1.31. The Hall–Kier alpha value is -2.61. The third kappa shape index (κ3) is 4.44. The van der Waals surface area contributed by atoms with Gasteiger partial charge in [0.2, 0.25) is 5.91 Å². The number of carbonyl (C=O) groups excluding carboxylic acids is 2. The summed E-state index contributed by atoms with van der Waals surface area (Å²) in [6.07, 6.45) is 1.57. The number of hydrogen-bond donors (Lipinski definition) is 1. The number of piperidine rings is 1. The van der Waals surface area contributed by atoms with E-state index in [0.717, 1.165) is 18.2 Å². The zero-order valence-electron chi connectivity index (χ0n) is 15.9. The number of carbonyl (C=O) groups is 2. The molecule has 1 aliphatic rings. The molecule has 1 N–H and O–H groups in total. The minimum atomic E-state index is -0.706. The van der Waals surface area contributed by atoms with E-state index in [9.17, 15) is 18.4 Å². The summed E-state index contributed by atoms with van der Waals surface area (Å²) in [4.78, 5) is 27.2. The van der Waals surface area contributed by atoms with Crippen LogP contribution in [0.15, 0.2) is 28.8 Å². The lowest BCUT2D eigenvalue weighted by Crippen LogP contribution is -2.48. The third-order valence-corrected chi connectivity index (χ3v) is 5.10. The van der Waals surface area contributed by atoms with E-state index in [1.54, 1.807) is 13.0 Å². The van der Waals surface area contributed by atoms with Crippen LogP contribution >= 0.6 is 0 Å². The molecule has 28 heavy (non-hydrogen) atoms. The minimum absolute atomic E-state index is 0.184. The smallest absolute Gasteiger partial charge is 0.242 e. The van der Waals surface area contributed by atoms with Crippen molar-refractivity contribution in [2.24, 2.45) is 5.92 Å². The normalized spacial score (nSPS) is 16.7. The summed E-state index contributed by atoms with van der Waals surface area (Å²) < 4.78 is 32.2. The average molecular weight is 391 g/mol. The Morgan fingerprint density at radius 1 is 1.29 bits per heavy atom. The zero-order chi connectivity index (χ0) is 20.3. The predicted molar refractivity (Wildman–Crippen MR) is 98.9 cm³/mol. The number of halogens is 2. The monoisotopic (exact) mass is 391 g/mol. The molecule has 0 saturated carbocycles. The highest BCUT2D eigenvalue weighted by Gasteiger charge is 2.32. The third-order valence-electron chi connectivity index (χ3n) is 5.10. The van der Waals surface area contributed by atoms with Gasteiger partial charge in [-0.2, -0.15) is 0 Å². The van der Waals surface area contributed by atoms with Crippen molar-refractivity contribution in [3.05, 3.63) is 47.2 Å². The highest BCUT2D eigenvalue weighted by atomic mass is 19.1. The molecule has 1 amide bonds. The summed E-state index contributed by atoms with van der Waals surface area (Å²) >= 11 is 0. The summed E-state index contributed by atoms with van der Waals surface area (Å²) in [5, 5.41) is 6.51. The van der Waals surface area contributed by atoms with Crippen molar-refractivity contribution in [3.63, 3.8) is 0 Å². The average Bonchev–Trinajstić information content (AvgIpc) is 3.09. The molecule has 2 heterocycles. The standard InChI is InChI=1S/C20H23F2N3O3/c1-3-17(20(27)23-18-10-12(2)28-24-18)25-8-6-13(7-9-25)19(26)15-11-14(21)4-5-16(15)22/h4-5,10-11,13,17H,3,6-9H2,1-2H3,(H,23,24,27). The Morgan fingerprint density at radius 3 is 2.61 bits per heavy atom. The maximum atomic E-state index is 13.9. The quantitative estimate of drug-likeness (QED) is 0.762. The molecular weight excluding hydrogens is 368 g/mol. The van der Waals surface area contributed by atoms with Gasteiger partial charge < -0.3 is 9.84 Å². The Balaban J connectivity index is 1.60. The zero-order valence-corrected chi connectivity index (χ0v) is 15.9. The SMILES string of the molecule is CCC(C(=O)Nc1cc(C)on1)N1CCC(C(=O)c2cc(F)ccc2F)CC1. The van der Waals surface area contributed by atoms with Crippen LogP contribution in [0.2, 0.25) is 0 Å². The van der Waals surface area contributed by atoms with Crippen LogP contribution < -0.4 is 5.32 Å². The number of Topliss-reactive ketones (excluding diaryl/α,β-unsaturated/α-hetero) is 1.